The van der Waals surface area contributed by atoms with Gasteiger partial charge in [-0.2, -0.15) is 8.78 Å². The van der Waals surface area contributed by atoms with Crippen LogP contribution in [0.15, 0.2) is 42.6 Å². The number of ether oxygens (including phenoxy) is 2. The van der Waals surface area contributed by atoms with Gasteiger partial charge < -0.3 is 14.8 Å². The molecule has 1 N–H and O–H groups in total. The molecule has 0 aliphatic carbocycles. The first-order valence-corrected chi connectivity index (χ1v) is 5.95. The molecule has 1 heterocycles. The van der Waals surface area contributed by atoms with Gasteiger partial charge in [-0.05, 0) is 30.3 Å². The number of hydrogen-bond donors (Lipinski definition) is 1. The Morgan fingerprint density at radius 2 is 1.81 bits per heavy atom. The minimum Gasteiger partial charge on any atom is -0.497 e. The Balaban J connectivity index is 2.00. The molecule has 110 valence electrons. The molecule has 21 heavy (non-hydrogen) atoms. The summed E-state index contributed by atoms with van der Waals surface area (Å²) in [6, 6.07) is 9.75. The first-order chi connectivity index (χ1) is 10.1. The number of benzene rings is 1. The number of halogens is 2. The third kappa shape index (κ3) is 4.13. The molecule has 1 amide bonds. The molecule has 0 atom stereocenters. The highest BCUT2D eigenvalue weighted by Gasteiger charge is 2.15. The number of nitrogens with zero attached hydrogens (tertiary/aromatic N) is 1. The minimum absolute atomic E-state index is 0.169. The molecule has 0 saturated heterocycles. The molecule has 0 saturated carbocycles. The number of pyridine rings is 1. The molecule has 0 bridgehead atoms. The van der Waals surface area contributed by atoms with Crippen molar-refractivity contribution in [3.05, 3.63) is 42.6 Å². The lowest BCUT2D eigenvalue weighted by molar-refractivity contribution is -0.126. The summed E-state index contributed by atoms with van der Waals surface area (Å²) in [6.07, 6.45) is -1.83. The van der Waals surface area contributed by atoms with Gasteiger partial charge >= 0.3 is 6.43 Å². The number of carbonyl (C=O) groups is 1. The van der Waals surface area contributed by atoms with Gasteiger partial charge in [0.25, 0.3) is 5.91 Å². The van der Waals surface area contributed by atoms with Crippen molar-refractivity contribution in [2.45, 2.75) is 6.43 Å². The van der Waals surface area contributed by atoms with E-state index in [4.69, 9.17) is 9.47 Å². The topological polar surface area (TPSA) is 60.5 Å². The van der Waals surface area contributed by atoms with Crippen LogP contribution < -0.4 is 14.8 Å². The fraction of sp³-hybridized carbons (Fsp3) is 0.143. The van der Waals surface area contributed by atoms with Crippen LogP contribution in [0, 0.1) is 0 Å². The number of methoxy groups -OCH3 is 1. The molecule has 0 spiro atoms. The second-order valence-corrected chi connectivity index (χ2v) is 3.95. The molecule has 2 aromatic rings. The highest BCUT2D eigenvalue weighted by molar-refractivity contribution is 5.92. The Kier molecular flexibility index (Phi) is 4.65. The average molecular weight is 294 g/mol. The summed E-state index contributed by atoms with van der Waals surface area (Å²) in [5.74, 6) is 0.142. The van der Waals surface area contributed by atoms with Gasteiger partial charge in [-0.1, -0.05) is 0 Å². The van der Waals surface area contributed by atoms with Crippen molar-refractivity contribution >= 4 is 11.6 Å². The fourth-order valence-electron chi connectivity index (χ4n) is 1.48. The zero-order valence-corrected chi connectivity index (χ0v) is 11.0. The van der Waals surface area contributed by atoms with Crippen LogP contribution >= 0.6 is 0 Å². The molecule has 0 unspecified atom stereocenters. The van der Waals surface area contributed by atoms with Gasteiger partial charge in [-0.3, -0.25) is 4.79 Å². The van der Waals surface area contributed by atoms with Crippen molar-refractivity contribution in [2.24, 2.45) is 0 Å². The molecule has 7 heteroatoms. The van der Waals surface area contributed by atoms with Crippen LogP contribution in [0.3, 0.4) is 0 Å². The second-order valence-electron chi connectivity index (χ2n) is 3.95. The van der Waals surface area contributed by atoms with Crippen LogP contribution in [-0.2, 0) is 4.79 Å². The van der Waals surface area contributed by atoms with E-state index in [0.717, 1.165) is 0 Å². The van der Waals surface area contributed by atoms with Crippen molar-refractivity contribution in [3.8, 4) is 17.4 Å². The summed E-state index contributed by atoms with van der Waals surface area (Å²) in [7, 11) is 1.56. The molecule has 0 fully saturated rings. The predicted molar refractivity (Wildman–Crippen MR) is 71.9 cm³/mol. The van der Waals surface area contributed by atoms with E-state index in [1.165, 1.54) is 18.3 Å². The second kappa shape index (κ2) is 6.65. The van der Waals surface area contributed by atoms with Gasteiger partial charge in [0.1, 0.15) is 11.5 Å². The lowest BCUT2D eigenvalue weighted by Gasteiger charge is -2.07. The number of amides is 1. The maximum atomic E-state index is 12.1. The summed E-state index contributed by atoms with van der Waals surface area (Å²) in [5, 5.41) is 2.02. The van der Waals surface area contributed by atoms with Crippen molar-refractivity contribution in [3.63, 3.8) is 0 Å². The first kappa shape index (κ1) is 14.7. The van der Waals surface area contributed by atoms with Crippen LogP contribution in [0.4, 0.5) is 14.5 Å². The van der Waals surface area contributed by atoms with E-state index in [1.54, 1.807) is 31.4 Å². The quantitative estimate of drug-likeness (QED) is 0.920. The lowest BCUT2D eigenvalue weighted by atomic mass is 10.3. The fourth-order valence-corrected chi connectivity index (χ4v) is 1.48. The number of alkyl halides is 2. The van der Waals surface area contributed by atoms with Crippen molar-refractivity contribution in [1.82, 2.24) is 4.98 Å². The number of carbonyl (C=O) groups excluding carboxylic acids is 1. The Morgan fingerprint density at radius 1 is 1.14 bits per heavy atom. The first-order valence-electron chi connectivity index (χ1n) is 5.95. The molecule has 1 aromatic carbocycles. The van der Waals surface area contributed by atoms with Gasteiger partial charge in [-0.25, -0.2) is 4.98 Å². The summed E-state index contributed by atoms with van der Waals surface area (Å²) in [5.41, 5.74) is 0.169. The smallest absolute Gasteiger partial charge is 0.315 e. The van der Waals surface area contributed by atoms with Crippen LogP contribution in [0.2, 0.25) is 0 Å². The predicted octanol–water partition coefficient (Wildman–Crippen LogP) is 3.09. The molecule has 0 aliphatic rings. The minimum atomic E-state index is -3.07. The molecule has 0 aliphatic heterocycles. The SMILES string of the molecule is COc1ccc(Oc2ccc(NC(=O)C(F)F)cn2)cc1. The molecular weight excluding hydrogens is 282 g/mol. The van der Waals surface area contributed by atoms with E-state index in [9.17, 15) is 13.6 Å². The Morgan fingerprint density at radius 3 is 2.33 bits per heavy atom. The summed E-state index contributed by atoms with van der Waals surface area (Å²) in [6.45, 7) is 0. The monoisotopic (exact) mass is 294 g/mol. The number of hydrogen-bond acceptors (Lipinski definition) is 4. The highest BCUT2D eigenvalue weighted by Crippen LogP contribution is 2.23. The third-order valence-electron chi connectivity index (χ3n) is 2.48. The summed E-state index contributed by atoms with van der Waals surface area (Å²) >= 11 is 0. The van der Waals surface area contributed by atoms with Crippen LogP contribution in [-0.4, -0.2) is 24.4 Å². The van der Waals surface area contributed by atoms with E-state index < -0.39 is 12.3 Å². The van der Waals surface area contributed by atoms with Crippen LogP contribution in [0.1, 0.15) is 0 Å². The maximum Gasteiger partial charge on any atom is 0.315 e. The van der Waals surface area contributed by atoms with Crippen molar-refractivity contribution in [2.75, 3.05) is 12.4 Å². The molecule has 1 aromatic heterocycles. The average Bonchev–Trinajstić information content (AvgIpc) is 2.50. The standard InChI is InChI=1S/C14H12F2N2O3/c1-20-10-3-5-11(6-4-10)21-12-7-2-9(8-17-12)18-14(19)13(15)16/h2-8,13H,1H3,(H,18,19). The molecular formula is C14H12F2N2O3. The Labute approximate surface area is 119 Å². The van der Waals surface area contributed by atoms with Gasteiger partial charge in [-0.15, -0.1) is 0 Å². The zero-order chi connectivity index (χ0) is 15.2. The van der Waals surface area contributed by atoms with Gasteiger partial charge in [0.05, 0.1) is 19.0 Å². The van der Waals surface area contributed by atoms with E-state index in [-0.39, 0.29) is 11.6 Å². The highest BCUT2D eigenvalue weighted by atomic mass is 19.3. The number of rotatable bonds is 5. The number of nitrogens with one attached hydrogen (secondary N) is 1. The van der Waals surface area contributed by atoms with Crippen LogP contribution in [0.25, 0.3) is 0 Å². The van der Waals surface area contributed by atoms with E-state index in [0.29, 0.717) is 11.5 Å². The summed E-state index contributed by atoms with van der Waals surface area (Å²) in [4.78, 5) is 14.7. The van der Waals surface area contributed by atoms with E-state index in [2.05, 4.69) is 4.98 Å². The number of aromatic nitrogens is 1. The van der Waals surface area contributed by atoms with E-state index in [1.807, 2.05) is 5.32 Å². The van der Waals surface area contributed by atoms with Crippen LogP contribution in [0.5, 0.6) is 17.4 Å². The lowest BCUT2D eigenvalue weighted by Crippen LogP contribution is -2.20. The van der Waals surface area contributed by atoms with Gasteiger partial charge in [0.2, 0.25) is 5.88 Å². The van der Waals surface area contributed by atoms with E-state index >= 15 is 0 Å². The molecule has 2 rings (SSSR count). The maximum absolute atomic E-state index is 12.1. The zero-order valence-electron chi connectivity index (χ0n) is 11.0. The Hall–Kier alpha value is -2.70. The van der Waals surface area contributed by atoms with Crippen molar-refractivity contribution in [1.29, 1.82) is 0 Å². The van der Waals surface area contributed by atoms with Gasteiger partial charge in [0.15, 0.2) is 0 Å². The summed E-state index contributed by atoms with van der Waals surface area (Å²) < 4.78 is 34.6. The third-order valence-corrected chi connectivity index (χ3v) is 2.48. The van der Waals surface area contributed by atoms with Crippen molar-refractivity contribution < 1.29 is 23.0 Å². The Bertz CT molecular complexity index is 601. The molecule has 5 nitrogen and oxygen atoms in total. The normalized spacial score (nSPS) is 10.3. The number of anilines is 1. The largest absolute Gasteiger partial charge is 0.497 e. The van der Waals surface area contributed by atoms with Gasteiger partial charge in [0, 0.05) is 6.07 Å². The molecule has 0 radical (unpaired) electrons.